The molecule has 8 aromatic carbocycles. The van der Waals surface area contributed by atoms with E-state index in [0.29, 0.717) is 20.9 Å². The average molecular weight is 2100 g/mol. The summed E-state index contributed by atoms with van der Waals surface area (Å²) in [7, 11) is 0. The summed E-state index contributed by atoms with van der Waals surface area (Å²) in [5, 5.41) is 31.0. The molecule has 4 radical (unpaired) electrons. The van der Waals surface area contributed by atoms with Crippen molar-refractivity contribution in [2.24, 2.45) is 0 Å². The van der Waals surface area contributed by atoms with Crippen molar-refractivity contribution in [2.75, 3.05) is 0 Å². The number of hydrogen-bond donors (Lipinski definition) is 1. The van der Waals surface area contributed by atoms with Crippen LogP contribution in [0.4, 0.5) is 0 Å². The third-order valence-electron chi connectivity index (χ3n) is 13.8. The second-order valence-corrected chi connectivity index (χ2v) is 23.2. The number of aryl methyl sites for hydroxylation is 12. The minimum absolute atomic E-state index is 0. The van der Waals surface area contributed by atoms with Crippen molar-refractivity contribution in [3.8, 4) is 68.3 Å². The summed E-state index contributed by atoms with van der Waals surface area (Å²) in [4.78, 5) is 24.6. The summed E-state index contributed by atoms with van der Waals surface area (Å²) >= 11 is 10.4. The van der Waals surface area contributed by atoms with Gasteiger partial charge >= 0.3 is 5.97 Å². The van der Waals surface area contributed by atoms with Gasteiger partial charge in [-0.25, -0.2) is 4.79 Å². The molecule has 12 aromatic rings. The van der Waals surface area contributed by atoms with Gasteiger partial charge in [-0.2, -0.15) is 10.2 Å². The van der Waals surface area contributed by atoms with E-state index in [1.54, 1.807) is 10.7 Å². The summed E-state index contributed by atoms with van der Waals surface area (Å²) in [6.45, 7) is 24.7. The minimum atomic E-state index is -1.15. The number of carbonyl (C=O) groups is 1. The summed E-state index contributed by atoms with van der Waals surface area (Å²) in [6, 6.07) is 60.5. The van der Waals surface area contributed by atoms with E-state index in [1.807, 2.05) is 139 Å². The number of halogens is 3. The Kier molecular flexibility index (Phi) is 27.7. The first-order chi connectivity index (χ1) is 41.2. The van der Waals surface area contributed by atoms with Crippen LogP contribution in [0.2, 0.25) is 0 Å². The Morgan fingerprint density at radius 1 is 0.400 bits per heavy atom. The number of carboxylic acid groups (broad SMARTS) is 1. The monoisotopic (exact) mass is 2100 g/mol. The molecule has 0 unspecified atom stereocenters. The van der Waals surface area contributed by atoms with Gasteiger partial charge in [-0.3, -0.25) is 29.0 Å². The van der Waals surface area contributed by atoms with Gasteiger partial charge in [-0.1, -0.05) is 91.7 Å². The van der Waals surface area contributed by atoms with Crippen LogP contribution in [0.1, 0.15) is 77.6 Å². The fourth-order valence-electron chi connectivity index (χ4n) is 10.6. The molecule has 0 aliphatic carbocycles. The Bertz CT molecular complexity index is 4330. The SMILES string of the molecule is Cc1cc(C)c(-n2nc(Br)nc2-c2[c-]cccc2)c(C)c1.Cc1cc(C)c(-n2nc(C(=O)O)nc2-c2[c-]cccc2)c(C)c1.Cc1cc(C)c(-n2nc(C)nc2-c2[c-]ccc(Br)c2)c(C)c1.Cc1cccc(C)c1-n1c(Br)nnc1-c1[c-]cccc1.[Ir].[Ir].[Ir].[Ir]. The Morgan fingerprint density at radius 2 is 0.800 bits per heavy atom. The molecule has 90 heavy (non-hydrogen) atoms. The number of benzene rings is 8. The van der Waals surface area contributed by atoms with Crippen molar-refractivity contribution >= 4 is 53.8 Å². The maximum atomic E-state index is 11.3. The Hall–Kier alpha value is -6.17. The fourth-order valence-corrected chi connectivity index (χ4v) is 11.7. The second kappa shape index (κ2) is 33.4. The molecule has 0 bridgehead atoms. The minimum Gasteiger partial charge on any atom is -0.475 e. The standard InChI is InChI=1S/C18H17BrN3.C18H16N3O2.C17H15BrN3.C16H13BrN3.4Ir/c1-11-8-12(2)17(13(3)9-11)22-18(20-14(4)21-22)15-6-5-7-16(19)10-15;1-11-9-12(2)15(13(3)10-11)21-17(14-7-5-4-6-8-14)19-16(20-21)18(22)23;1-11-9-12(2)15(13(3)10-11)21-16(19-17(18)20-21)14-7-5-4-6-8-14;1-11-7-6-8-12(2)14(11)20-15(18-19-16(20)17)13-9-4-3-5-10-13;;;;/h5,7-10H,1-4H3;4-7,9-10H,1-3H3,(H,22,23);4-7,9-10H,1-3H3;3-9H,1-2H3;;;;/q4*-1;;;;. The van der Waals surface area contributed by atoms with E-state index in [-0.39, 0.29) is 86.2 Å². The first-order valence-electron chi connectivity index (χ1n) is 27.4. The Labute approximate surface area is 605 Å². The zero-order chi connectivity index (χ0) is 61.5. The van der Waals surface area contributed by atoms with Crippen molar-refractivity contribution in [3.63, 3.8) is 0 Å². The van der Waals surface area contributed by atoms with E-state index >= 15 is 0 Å². The smallest absolute Gasteiger partial charge is 0.374 e. The van der Waals surface area contributed by atoms with Crippen molar-refractivity contribution < 1.29 is 90.3 Å². The normalized spacial score (nSPS) is 10.3. The number of para-hydroxylation sites is 1. The molecule has 0 saturated carbocycles. The summed E-state index contributed by atoms with van der Waals surface area (Å²) in [5.41, 5.74) is 20.4. The van der Waals surface area contributed by atoms with Gasteiger partial charge in [-0.05, 0) is 159 Å². The van der Waals surface area contributed by atoms with E-state index < -0.39 is 5.97 Å². The zero-order valence-electron chi connectivity index (χ0n) is 51.0. The molecule has 0 amide bonds. The van der Waals surface area contributed by atoms with E-state index in [0.717, 1.165) is 83.9 Å². The molecule has 4 aromatic heterocycles. The number of rotatable bonds is 9. The summed E-state index contributed by atoms with van der Waals surface area (Å²) in [5.74, 6) is 2.24. The van der Waals surface area contributed by atoms with Gasteiger partial charge in [0.1, 0.15) is 5.82 Å². The molecule has 4 heterocycles. The maximum absolute atomic E-state index is 11.3. The van der Waals surface area contributed by atoms with Crippen LogP contribution < -0.4 is 0 Å². The Balaban J connectivity index is 0.000000215. The molecule has 0 atom stereocenters. The van der Waals surface area contributed by atoms with Crippen LogP contribution in [0.5, 0.6) is 0 Å². The summed E-state index contributed by atoms with van der Waals surface area (Å²) in [6.07, 6.45) is 0. The predicted octanol–water partition coefficient (Wildman–Crippen LogP) is 16.6. The average Bonchev–Trinajstić information content (AvgIpc) is 1.85. The summed E-state index contributed by atoms with van der Waals surface area (Å²) < 4.78 is 9.72. The van der Waals surface area contributed by atoms with Crippen LogP contribution in [0, 0.1) is 107 Å². The number of aromatic carboxylic acids is 1. The van der Waals surface area contributed by atoms with Gasteiger partial charge in [0.05, 0.1) is 40.4 Å². The van der Waals surface area contributed by atoms with Gasteiger partial charge in [0.15, 0.2) is 4.73 Å². The van der Waals surface area contributed by atoms with Crippen LogP contribution >= 0.6 is 47.8 Å². The van der Waals surface area contributed by atoms with Gasteiger partial charge < -0.3 is 9.67 Å². The molecule has 0 aliphatic heterocycles. The van der Waals surface area contributed by atoms with Gasteiger partial charge in [0.2, 0.25) is 10.6 Å². The zero-order valence-corrected chi connectivity index (χ0v) is 65.4. The molecule has 12 rings (SSSR count). The predicted molar refractivity (Wildman–Crippen MR) is 349 cm³/mol. The third kappa shape index (κ3) is 17.5. The van der Waals surface area contributed by atoms with Crippen molar-refractivity contribution in [1.82, 2.24) is 59.1 Å². The number of hydrogen-bond acceptors (Lipinski definition) is 9. The molecule has 21 heteroatoms. The van der Waals surface area contributed by atoms with Crippen LogP contribution in [0.15, 0.2) is 160 Å². The molecule has 0 aliphatic rings. The van der Waals surface area contributed by atoms with E-state index in [1.165, 1.54) is 44.5 Å². The van der Waals surface area contributed by atoms with Crippen molar-refractivity contribution in [3.05, 3.63) is 257 Å². The third-order valence-corrected chi connectivity index (χ3v) is 15.1. The van der Waals surface area contributed by atoms with Crippen molar-refractivity contribution in [1.29, 1.82) is 0 Å². The maximum Gasteiger partial charge on any atom is 0.374 e. The molecule has 14 nitrogen and oxygen atoms in total. The Morgan fingerprint density at radius 3 is 1.22 bits per heavy atom. The van der Waals surface area contributed by atoms with Crippen LogP contribution in [0.3, 0.4) is 0 Å². The molecule has 470 valence electrons. The molecule has 1 N–H and O–H groups in total. The van der Waals surface area contributed by atoms with E-state index in [9.17, 15) is 9.90 Å². The van der Waals surface area contributed by atoms with Gasteiger partial charge in [0, 0.05) is 86.1 Å². The largest absolute Gasteiger partial charge is 0.475 e. The first kappa shape index (κ1) is 74.6. The van der Waals surface area contributed by atoms with Gasteiger partial charge in [-0.15, -0.1) is 153 Å². The fraction of sp³-hybridized carbons (Fsp3) is 0.174. The van der Waals surface area contributed by atoms with Crippen LogP contribution in [-0.2, 0) is 80.4 Å². The first-order valence-corrected chi connectivity index (χ1v) is 29.8. The quantitative estimate of drug-likeness (QED) is 0.138. The van der Waals surface area contributed by atoms with Crippen LogP contribution in [0.25, 0.3) is 68.3 Å². The second-order valence-electron chi connectivity index (χ2n) is 20.8. The van der Waals surface area contributed by atoms with Crippen molar-refractivity contribution in [2.45, 2.75) is 83.1 Å². The van der Waals surface area contributed by atoms with E-state index in [4.69, 9.17) is 0 Å². The van der Waals surface area contributed by atoms with Crippen LogP contribution in [-0.4, -0.2) is 70.1 Å². The number of carboxylic acids is 1. The molecule has 0 saturated heterocycles. The van der Waals surface area contributed by atoms with Gasteiger partial charge in [0.25, 0.3) is 0 Å². The topological polar surface area (TPSA) is 160 Å². The molecular weight excluding hydrogens is 2040 g/mol. The van der Waals surface area contributed by atoms with E-state index in [2.05, 4.69) is 210 Å². The molecule has 0 spiro atoms. The molecular formula is C69H61Br3Ir4N12O2-4. The number of aromatic nitrogens is 12. The molecule has 0 fully saturated rings. The number of nitrogens with zero attached hydrogens (tertiary/aromatic N) is 12.